The summed E-state index contributed by atoms with van der Waals surface area (Å²) in [7, 11) is 0. The number of rotatable bonds is 1. The average Bonchev–Trinajstić information content (AvgIpc) is 2.58. The van der Waals surface area contributed by atoms with Crippen LogP contribution in [0.5, 0.6) is 0 Å². The third-order valence-corrected chi connectivity index (χ3v) is 1.70. The topological polar surface area (TPSA) is 24.9 Å². The molecule has 0 saturated carbocycles. The van der Waals surface area contributed by atoms with Crippen LogP contribution in [0.25, 0.3) is 0 Å². The summed E-state index contributed by atoms with van der Waals surface area (Å²) in [6.07, 6.45) is 5.83. The first-order valence-corrected chi connectivity index (χ1v) is 3.64. The number of pyridine rings is 1. The monoisotopic (exact) mass is 338 g/mol. The first kappa shape index (κ1) is 9.43. The molecule has 1 aromatic rings. The van der Waals surface area contributed by atoms with Gasteiger partial charge in [0, 0.05) is 32.0 Å². The molecule has 1 N–H and O–H groups in total. The molecule has 0 saturated heterocycles. The van der Waals surface area contributed by atoms with Crippen LogP contribution in [0, 0.1) is 6.54 Å². The van der Waals surface area contributed by atoms with Gasteiger partial charge in [0.2, 0.25) is 0 Å². The van der Waals surface area contributed by atoms with Crippen LogP contribution >= 0.6 is 0 Å². The molecule has 0 aliphatic carbocycles. The summed E-state index contributed by atoms with van der Waals surface area (Å²) in [5.41, 5.74) is 1.09. The van der Waals surface area contributed by atoms with Gasteiger partial charge in [-0.3, -0.25) is 4.98 Å². The number of hydrogen-bond donors (Lipinski definition) is 1. The second-order valence-electron chi connectivity index (χ2n) is 2.47. The second kappa shape index (κ2) is 4.39. The van der Waals surface area contributed by atoms with Crippen molar-refractivity contribution >= 4 is 0 Å². The van der Waals surface area contributed by atoms with Gasteiger partial charge in [-0.05, 0) is 18.3 Å². The minimum Gasteiger partial charge on any atom is -0.541 e. The quantitative estimate of drug-likeness (QED) is 0.785. The van der Waals surface area contributed by atoms with E-state index in [1.54, 1.807) is 0 Å². The molecule has 0 aromatic carbocycles. The van der Waals surface area contributed by atoms with Crippen molar-refractivity contribution in [3.63, 3.8) is 0 Å². The van der Waals surface area contributed by atoms with E-state index in [2.05, 4.69) is 16.4 Å². The molecule has 1 aliphatic heterocycles. The standard InChI is InChI=1S/C9H9N2.Ir/c1-2-5-11-9(3-1)8-4-6-10-7-8;/h1-8,10H;/q-1;. The van der Waals surface area contributed by atoms with E-state index in [1.165, 1.54) is 0 Å². The predicted octanol–water partition coefficient (Wildman–Crippen LogP) is 1.44. The van der Waals surface area contributed by atoms with E-state index in [4.69, 9.17) is 0 Å². The minimum absolute atomic E-state index is 0. The average molecular weight is 337 g/mol. The van der Waals surface area contributed by atoms with Gasteiger partial charge in [-0.15, -0.1) is 0 Å². The Labute approximate surface area is 85.4 Å². The summed E-state index contributed by atoms with van der Waals surface area (Å²) < 4.78 is 0. The Balaban J connectivity index is 0.000000720. The molecule has 1 aromatic heterocycles. The fourth-order valence-electron chi connectivity index (χ4n) is 1.13. The molecule has 65 valence electrons. The molecule has 1 atom stereocenters. The van der Waals surface area contributed by atoms with Crippen LogP contribution in [0.15, 0.2) is 36.7 Å². The molecule has 0 amide bonds. The molecule has 0 fully saturated rings. The molecule has 2 nitrogen and oxygen atoms in total. The van der Waals surface area contributed by atoms with E-state index < -0.39 is 0 Å². The zero-order valence-corrected chi connectivity index (χ0v) is 8.79. The predicted molar refractivity (Wildman–Crippen MR) is 43.6 cm³/mol. The van der Waals surface area contributed by atoms with Gasteiger partial charge in [0.25, 0.3) is 0 Å². The normalized spacial score (nSPS) is 19.8. The summed E-state index contributed by atoms with van der Waals surface area (Å²) in [4.78, 5) is 4.24. The van der Waals surface area contributed by atoms with Gasteiger partial charge in [0.15, 0.2) is 0 Å². The Bertz CT molecular complexity index is 258. The largest absolute Gasteiger partial charge is 0.541 e. The first-order chi connectivity index (χ1) is 5.47. The van der Waals surface area contributed by atoms with Crippen LogP contribution < -0.4 is 5.32 Å². The Morgan fingerprint density at radius 1 is 1.42 bits per heavy atom. The molecule has 0 bridgehead atoms. The van der Waals surface area contributed by atoms with Crippen molar-refractivity contribution < 1.29 is 20.1 Å². The zero-order chi connectivity index (χ0) is 7.52. The molecular formula is C9H9IrN2-. The van der Waals surface area contributed by atoms with E-state index in [0.717, 1.165) is 5.69 Å². The molecule has 0 spiro atoms. The van der Waals surface area contributed by atoms with Crippen molar-refractivity contribution in [2.45, 2.75) is 5.92 Å². The third-order valence-electron chi connectivity index (χ3n) is 1.70. The fourth-order valence-corrected chi connectivity index (χ4v) is 1.13. The van der Waals surface area contributed by atoms with E-state index in [0.29, 0.717) is 5.92 Å². The van der Waals surface area contributed by atoms with Gasteiger partial charge in [-0.2, -0.15) is 0 Å². The summed E-state index contributed by atoms with van der Waals surface area (Å²) in [6.45, 7) is 2.02. The summed E-state index contributed by atoms with van der Waals surface area (Å²) in [5, 5.41) is 3.03. The van der Waals surface area contributed by atoms with Crippen LogP contribution in [0.4, 0.5) is 0 Å². The van der Waals surface area contributed by atoms with Gasteiger partial charge >= 0.3 is 0 Å². The molecule has 3 heteroatoms. The van der Waals surface area contributed by atoms with Gasteiger partial charge in [-0.1, -0.05) is 18.1 Å². The molecule has 2 heterocycles. The molecule has 12 heavy (non-hydrogen) atoms. The van der Waals surface area contributed by atoms with Crippen molar-refractivity contribution in [3.05, 3.63) is 48.9 Å². The zero-order valence-electron chi connectivity index (χ0n) is 6.40. The van der Waals surface area contributed by atoms with Gasteiger partial charge in [0.05, 0.1) is 0 Å². The minimum atomic E-state index is 0. The molecule has 1 aliphatic rings. The smallest absolute Gasteiger partial charge is 0.0270 e. The maximum Gasteiger partial charge on any atom is 0.0270 e. The SMILES string of the molecule is C1=CC(c2ccccn2)[CH-]N1.[Ir]. The molecule has 2 rings (SSSR count). The van der Waals surface area contributed by atoms with Crippen LogP contribution in [0.2, 0.25) is 0 Å². The Morgan fingerprint density at radius 3 is 2.92 bits per heavy atom. The molecular weight excluding hydrogens is 328 g/mol. The molecule has 1 unspecified atom stereocenters. The Kier molecular flexibility index (Phi) is 3.45. The van der Waals surface area contributed by atoms with E-state index >= 15 is 0 Å². The maximum absolute atomic E-state index is 4.24. The van der Waals surface area contributed by atoms with Gasteiger partial charge in [-0.25, -0.2) is 6.54 Å². The number of nitrogens with one attached hydrogen (secondary N) is 1. The van der Waals surface area contributed by atoms with Crippen LogP contribution in [-0.4, -0.2) is 4.98 Å². The van der Waals surface area contributed by atoms with Crippen molar-refractivity contribution in [1.82, 2.24) is 10.3 Å². The fraction of sp³-hybridized carbons (Fsp3) is 0.111. The first-order valence-electron chi connectivity index (χ1n) is 3.64. The number of aromatic nitrogens is 1. The third kappa shape index (κ3) is 1.93. The van der Waals surface area contributed by atoms with E-state index in [1.807, 2.05) is 37.1 Å². The summed E-state index contributed by atoms with van der Waals surface area (Å²) in [6, 6.07) is 5.95. The van der Waals surface area contributed by atoms with Crippen molar-refractivity contribution in [1.29, 1.82) is 0 Å². The van der Waals surface area contributed by atoms with Crippen molar-refractivity contribution in [2.75, 3.05) is 0 Å². The summed E-state index contributed by atoms with van der Waals surface area (Å²) >= 11 is 0. The van der Waals surface area contributed by atoms with Crippen molar-refractivity contribution in [2.24, 2.45) is 0 Å². The maximum atomic E-state index is 4.24. The van der Waals surface area contributed by atoms with Crippen LogP contribution in [0.3, 0.4) is 0 Å². The van der Waals surface area contributed by atoms with E-state index in [9.17, 15) is 0 Å². The Hall–Kier alpha value is -0.661. The van der Waals surface area contributed by atoms with Crippen molar-refractivity contribution in [3.8, 4) is 0 Å². The van der Waals surface area contributed by atoms with E-state index in [-0.39, 0.29) is 20.1 Å². The number of hydrogen-bond acceptors (Lipinski definition) is 2. The summed E-state index contributed by atoms with van der Waals surface area (Å²) in [5.74, 6) is 0.344. The number of nitrogens with zero attached hydrogens (tertiary/aromatic N) is 1. The van der Waals surface area contributed by atoms with Crippen LogP contribution in [0.1, 0.15) is 11.6 Å². The Morgan fingerprint density at radius 2 is 2.33 bits per heavy atom. The van der Waals surface area contributed by atoms with Crippen LogP contribution in [-0.2, 0) is 20.1 Å². The second-order valence-corrected chi connectivity index (χ2v) is 2.47. The van der Waals surface area contributed by atoms with Gasteiger partial charge < -0.3 is 5.32 Å². The van der Waals surface area contributed by atoms with Gasteiger partial charge in [0.1, 0.15) is 0 Å². The molecule has 1 radical (unpaired) electrons.